The van der Waals surface area contributed by atoms with E-state index >= 15 is 0 Å². The average Bonchev–Trinajstić information content (AvgIpc) is 2.38. The number of nitriles is 1. The van der Waals surface area contributed by atoms with E-state index in [2.05, 4.69) is 11.0 Å². The summed E-state index contributed by atoms with van der Waals surface area (Å²) in [6.45, 7) is 0.863. The Hall–Kier alpha value is -1.82. The van der Waals surface area contributed by atoms with Gasteiger partial charge in [-0.1, -0.05) is 12.1 Å². The molecule has 0 spiro atoms. The molecule has 0 saturated carbocycles. The van der Waals surface area contributed by atoms with E-state index in [1.165, 1.54) is 0 Å². The van der Waals surface area contributed by atoms with E-state index in [9.17, 15) is 4.79 Å². The average molecular weight is 214 g/mol. The van der Waals surface area contributed by atoms with E-state index in [1.807, 2.05) is 18.2 Å². The highest BCUT2D eigenvalue weighted by Gasteiger charge is 2.23. The number of anilines is 1. The number of aldehydes is 1. The number of carbonyl (C=O) groups excluding carboxylic acids is 1. The van der Waals surface area contributed by atoms with E-state index in [0.717, 1.165) is 37.8 Å². The number of rotatable bonds is 2. The van der Waals surface area contributed by atoms with Crippen LogP contribution in [-0.4, -0.2) is 18.9 Å². The second-order valence-corrected chi connectivity index (χ2v) is 4.02. The highest BCUT2D eigenvalue weighted by atomic mass is 16.1. The molecule has 0 amide bonds. The molecular weight excluding hydrogens is 200 g/mol. The third kappa shape index (κ3) is 1.92. The van der Waals surface area contributed by atoms with Crippen molar-refractivity contribution in [1.29, 1.82) is 5.26 Å². The summed E-state index contributed by atoms with van der Waals surface area (Å²) >= 11 is 0. The van der Waals surface area contributed by atoms with Crippen LogP contribution in [0.5, 0.6) is 0 Å². The van der Waals surface area contributed by atoms with Crippen molar-refractivity contribution in [3.8, 4) is 6.07 Å². The topological polar surface area (TPSA) is 44.1 Å². The van der Waals surface area contributed by atoms with Crippen molar-refractivity contribution < 1.29 is 4.79 Å². The van der Waals surface area contributed by atoms with Crippen LogP contribution in [0.25, 0.3) is 0 Å². The molecule has 0 N–H and O–H groups in total. The van der Waals surface area contributed by atoms with E-state index < -0.39 is 0 Å². The molecular formula is C13H14N2O. The predicted octanol–water partition coefficient (Wildman–Crippen LogP) is 2.12. The fourth-order valence-electron chi connectivity index (χ4n) is 2.22. The Balaban J connectivity index is 2.34. The Labute approximate surface area is 95.3 Å². The highest BCUT2D eigenvalue weighted by molar-refractivity contribution is 5.69. The first-order valence-electron chi connectivity index (χ1n) is 5.58. The molecule has 0 aromatic heterocycles. The quantitative estimate of drug-likeness (QED) is 0.708. The number of piperidine rings is 1. The molecule has 82 valence electrons. The Morgan fingerprint density at radius 1 is 1.38 bits per heavy atom. The maximum absolute atomic E-state index is 11.0. The molecule has 1 aromatic carbocycles. The van der Waals surface area contributed by atoms with Gasteiger partial charge >= 0.3 is 0 Å². The second kappa shape index (κ2) is 4.80. The molecule has 1 unspecified atom stereocenters. The maximum atomic E-state index is 11.0. The van der Waals surface area contributed by atoms with Gasteiger partial charge in [-0.05, 0) is 31.4 Å². The molecule has 1 aromatic rings. The lowest BCUT2D eigenvalue weighted by Crippen LogP contribution is -2.41. The van der Waals surface area contributed by atoms with Crippen LogP contribution < -0.4 is 4.90 Å². The zero-order valence-electron chi connectivity index (χ0n) is 9.10. The Bertz CT molecular complexity index is 422. The third-order valence-electron chi connectivity index (χ3n) is 3.04. The molecule has 3 nitrogen and oxygen atoms in total. The molecule has 1 aliphatic heterocycles. The SMILES string of the molecule is N#Cc1ccccc1N1CCCCC1C=O. The minimum Gasteiger partial charge on any atom is -0.361 e. The van der Waals surface area contributed by atoms with Crippen molar-refractivity contribution in [2.24, 2.45) is 0 Å². The molecule has 0 radical (unpaired) electrons. The van der Waals surface area contributed by atoms with Gasteiger partial charge in [0.05, 0.1) is 17.3 Å². The molecule has 1 aliphatic rings. The summed E-state index contributed by atoms with van der Waals surface area (Å²) in [6, 6.07) is 9.59. The van der Waals surface area contributed by atoms with Crippen LogP contribution in [0.3, 0.4) is 0 Å². The Morgan fingerprint density at radius 3 is 2.94 bits per heavy atom. The van der Waals surface area contributed by atoms with Gasteiger partial charge in [-0.15, -0.1) is 0 Å². The summed E-state index contributed by atoms with van der Waals surface area (Å²) < 4.78 is 0. The van der Waals surface area contributed by atoms with Gasteiger partial charge in [-0.3, -0.25) is 0 Å². The van der Waals surface area contributed by atoms with Gasteiger partial charge < -0.3 is 9.69 Å². The molecule has 3 heteroatoms. The first-order valence-corrected chi connectivity index (χ1v) is 5.58. The van der Waals surface area contributed by atoms with Crippen molar-refractivity contribution >= 4 is 12.0 Å². The van der Waals surface area contributed by atoms with Gasteiger partial charge in [-0.2, -0.15) is 5.26 Å². The lowest BCUT2D eigenvalue weighted by atomic mass is 10.0. The molecule has 0 bridgehead atoms. The summed E-state index contributed by atoms with van der Waals surface area (Å²) in [5.41, 5.74) is 1.54. The molecule has 16 heavy (non-hydrogen) atoms. The standard InChI is InChI=1S/C13H14N2O/c14-9-11-5-1-2-7-13(11)15-8-4-3-6-12(15)10-16/h1-2,5,7,10,12H,3-4,6,8H2. The maximum Gasteiger partial charge on any atom is 0.142 e. The summed E-state index contributed by atoms with van der Waals surface area (Å²) in [5, 5.41) is 9.04. The molecule has 1 fully saturated rings. The van der Waals surface area contributed by atoms with E-state index in [-0.39, 0.29) is 6.04 Å². The number of hydrogen-bond acceptors (Lipinski definition) is 3. The van der Waals surface area contributed by atoms with Gasteiger partial charge in [-0.25, -0.2) is 0 Å². The number of benzene rings is 1. The summed E-state index contributed by atoms with van der Waals surface area (Å²) in [4.78, 5) is 13.1. The Morgan fingerprint density at radius 2 is 2.19 bits per heavy atom. The molecule has 1 atom stereocenters. The molecule has 1 saturated heterocycles. The van der Waals surface area contributed by atoms with Crippen LogP contribution in [0, 0.1) is 11.3 Å². The lowest BCUT2D eigenvalue weighted by molar-refractivity contribution is -0.109. The van der Waals surface area contributed by atoms with Crippen LogP contribution >= 0.6 is 0 Å². The first-order chi connectivity index (χ1) is 7.86. The van der Waals surface area contributed by atoms with Gasteiger partial charge in [0, 0.05) is 6.54 Å². The minimum atomic E-state index is -0.0664. The normalized spacial score (nSPS) is 20.2. The third-order valence-corrected chi connectivity index (χ3v) is 3.04. The van der Waals surface area contributed by atoms with Crippen LogP contribution in [0.2, 0.25) is 0 Å². The number of nitrogens with zero attached hydrogens (tertiary/aromatic N) is 2. The smallest absolute Gasteiger partial charge is 0.142 e. The van der Waals surface area contributed by atoms with Gasteiger partial charge in [0.15, 0.2) is 0 Å². The van der Waals surface area contributed by atoms with Crippen molar-refractivity contribution in [3.63, 3.8) is 0 Å². The predicted molar refractivity (Wildman–Crippen MR) is 62.2 cm³/mol. The summed E-state index contributed by atoms with van der Waals surface area (Å²) in [6.07, 6.45) is 4.06. The number of hydrogen-bond donors (Lipinski definition) is 0. The van der Waals surface area contributed by atoms with Crippen molar-refractivity contribution in [3.05, 3.63) is 29.8 Å². The minimum absolute atomic E-state index is 0.0664. The fraction of sp³-hybridized carbons (Fsp3) is 0.385. The van der Waals surface area contributed by atoms with Crippen LogP contribution in [0.4, 0.5) is 5.69 Å². The highest BCUT2D eigenvalue weighted by Crippen LogP contribution is 2.26. The van der Waals surface area contributed by atoms with Crippen LogP contribution in [0.1, 0.15) is 24.8 Å². The first kappa shape index (κ1) is 10.7. The molecule has 0 aliphatic carbocycles. The van der Waals surface area contributed by atoms with E-state index in [4.69, 9.17) is 5.26 Å². The van der Waals surface area contributed by atoms with E-state index in [1.54, 1.807) is 6.07 Å². The molecule has 2 rings (SSSR count). The van der Waals surface area contributed by atoms with E-state index in [0.29, 0.717) is 5.56 Å². The number of carbonyl (C=O) groups is 1. The van der Waals surface area contributed by atoms with Gasteiger partial charge in [0.1, 0.15) is 12.4 Å². The van der Waals surface area contributed by atoms with Crippen LogP contribution in [-0.2, 0) is 4.79 Å². The fourth-order valence-corrected chi connectivity index (χ4v) is 2.22. The van der Waals surface area contributed by atoms with Crippen molar-refractivity contribution in [1.82, 2.24) is 0 Å². The van der Waals surface area contributed by atoms with Gasteiger partial charge in [0.25, 0.3) is 0 Å². The zero-order chi connectivity index (χ0) is 11.4. The van der Waals surface area contributed by atoms with Crippen molar-refractivity contribution in [2.75, 3.05) is 11.4 Å². The summed E-state index contributed by atoms with van der Waals surface area (Å²) in [5.74, 6) is 0. The van der Waals surface area contributed by atoms with Crippen molar-refractivity contribution in [2.45, 2.75) is 25.3 Å². The Kier molecular flexibility index (Phi) is 3.21. The lowest BCUT2D eigenvalue weighted by Gasteiger charge is -2.34. The molecule has 1 heterocycles. The monoisotopic (exact) mass is 214 g/mol. The largest absolute Gasteiger partial charge is 0.361 e. The van der Waals surface area contributed by atoms with Crippen LogP contribution in [0.15, 0.2) is 24.3 Å². The van der Waals surface area contributed by atoms with Gasteiger partial charge in [0.2, 0.25) is 0 Å². The second-order valence-electron chi connectivity index (χ2n) is 4.02. The zero-order valence-corrected chi connectivity index (χ0v) is 9.10. The summed E-state index contributed by atoms with van der Waals surface area (Å²) in [7, 11) is 0. The number of para-hydroxylation sites is 1.